The molecule has 0 aromatic heterocycles. The molecule has 1 atom stereocenters. The second-order valence-electron chi connectivity index (χ2n) is 4.59. The zero-order chi connectivity index (χ0) is 17.7. The molecule has 0 fully saturated rings. The van der Waals surface area contributed by atoms with Crippen molar-refractivity contribution in [2.24, 2.45) is 10.2 Å². The van der Waals surface area contributed by atoms with Crippen molar-refractivity contribution in [2.45, 2.75) is 4.95 Å². The van der Waals surface area contributed by atoms with Gasteiger partial charge in [0.2, 0.25) is 0 Å². The summed E-state index contributed by atoms with van der Waals surface area (Å²) in [4.78, 5) is 22.0. The molecule has 0 saturated heterocycles. The highest BCUT2D eigenvalue weighted by Gasteiger charge is 2.15. The number of carboxylic acids is 1. The maximum atomic E-state index is 12.7. The number of methoxy groups -OCH3 is 1. The van der Waals surface area contributed by atoms with Crippen LogP contribution in [0.15, 0.2) is 52.7 Å². The van der Waals surface area contributed by atoms with Crippen LogP contribution in [-0.2, 0) is 4.79 Å². The maximum Gasteiger partial charge on any atom is 0.195 e. The summed E-state index contributed by atoms with van der Waals surface area (Å²) in [5.41, 5.74) is 0.810. The van der Waals surface area contributed by atoms with Crippen LogP contribution in [0, 0.1) is 0 Å². The minimum absolute atomic E-state index is 0.200. The number of aliphatic carboxylic acids is 1. The summed E-state index contributed by atoms with van der Waals surface area (Å²) in [5, 5.41) is 18.4. The van der Waals surface area contributed by atoms with E-state index in [1.165, 1.54) is 25.3 Å². The summed E-state index contributed by atoms with van der Waals surface area (Å²) in [5.74, 6) is -1.14. The summed E-state index contributed by atoms with van der Waals surface area (Å²) >= 11 is 8.74. The first-order valence-electron chi connectivity index (χ1n) is 6.66. The van der Waals surface area contributed by atoms with E-state index in [9.17, 15) is 14.7 Å². The lowest BCUT2D eigenvalue weighted by molar-refractivity contribution is -0.304. The number of rotatable bonds is 6. The topological polar surface area (TPSA) is 91.2 Å². The molecule has 0 aliphatic rings. The number of halogens is 2. The van der Waals surface area contributed by atoms with Crippen molar-refractivity contribution in [3.8, 4) is 5.75 Å². The Kier molecular flexibility index (Phi) is 6.05. The van der Waals surface area contributed by atoms with E-state index in [0.717, 1.165) is 0 Å². The van der Waals surface area contributed by atoms with Gasteiger partial charge < -0.3 is 14.6 Å². The molecular weight excluding hydrogens is 400 g/mol. The Labute approximate surface area is 151 Å². The first-order valence-corrected chi connectivity index (χ1v) is 7.96. The fourth-order valence-electron chi connectivity index (χ4n) is 1.84. The number of ketones is 1. The van der Waals surface area contributed by atoms with E-state index < -0.39 is 10.9 Å². The second kappa shape index (κ2) is 8.03. The van der Waals surface area contributed by atoms with Crippen LogP contribution in [0.1, 0.15) is 15.9 Å². The van der Waals surface area contributed by atoms with Crippen LogP contribution >= 0.6 is 27.5 Å². The largest absolute Gasteiger partial charge is 0.547 e. The fourth-order valence-corrected chi connectivity index (χ4v) is 2.10. The quantitative estimate of drug-likeness (QED) is 0.316. The van der Waals surface area contributed by atoms with Gasteiger partial charge in [0.1, 0.15) is 5.75 Å². The molecule has 0 heterocycles. The third-order valence-corrected chi connectivity index (χ3v) is 3.81. The molecule has 0 saturated carbocycles. The van der Waals surface area contributed by atoms with Gasteiger partial charge in [0.05, 0.1) is 24.3 Å². The van der Waals surface area contributed by atoms with Crippen LogP contribution in [0.5, 0.6) is 5.75 Å². The number of ether oxygens (including phenoxy) is 1. The normalized spacial score (nSPS) is 12.1. The third kappa shape index (κ3) is 4.39. The predicted molar refractivity (Wildman–Crippen MR) is 90.1 cm³/mol. The zero-order valence-electron chi connectivity index (χ0n) is 12.4. The van der Waals surface area contributed by atoms with E-state index in [4.69, 9.17) is 16.3 Å². The monoisotopic (exact) mass is 409 g/mol. The molecule has 0 N–H and O–H groups in total. The van der Waals surface area contributed by atoms with E-state index in [-0.39, 0.29) is 17.0 Å². The SMILES string of the molecule is COc1ccc(C(=O)c2cc(Cl)ccc2N=NC(Br)C(=O)[O-])cc1. The highest BCUT2D eigenvalue weighted by molar-refractivity contribution is 9.10. The number of nitrogens with zero attached hydrogens (tertiary/aromatic N) is 2. The molecule has 0 aliphatic carbocycles. The lowest BCUT2D eigenvalue weighted by Crippen LogP contribution is -2.30. The molecule has 0 amide bonds. The third-order valence-electron chi connectivity index (χ3n) is 3.02. The van der Waals surface area contributed by atoms with E-state index in [1.54, 1.807) is 24.3 Å². The van der Waals surface area contributed by atoms with Crippen LogP contribution in [-0.4, -0.2) is 23.8 Å². The Hall–Kier alpha value is -2.25. The molecule has 1 unspecified atom stereocenters. The van der Waals surface area contributed by atoms with Crippen LogP contribution < -0.4 is 9.84 Å². The molecule has 0 spiro atoms. The lowest BCUT2D eigenvalue weighted by Gasteiger charge is -2.07. The number of carbonyl (C=O) groups is 2. The van der Waals surface area contributed by atoms with Gasteiger partial charge in [-0.1, -0.05) is 27.5 Å². The number of alkyl halides is 1. The van der Waals surface area contributed by atoms with Crippen LogP contribution in [0.25, 0.3) is 0 Å². The summed E-state index contributed by atoms with van der Waals surface area (Å²) in [6.45, 7) is 0. The molecule has 8 heteroatoms. The average molecular weight is 411 g/mol. The Morgan fingerprint density at radius 1 is 1.21 bits per heavy atom. The van der Waals surface area contributed by atoms with Gasteiger partial charge in [-0.05, 0) is 42.5 Å². The lowest BCUT2D eigenvalue weighted by atomic mass is 10.0. The molecule has 2 aromatic rings. The smallest absolute Gasteiger partial charge is 0.195 e. The van der Waals surface area contributed by atoms with Crippen LogP contribution in [0.4, 0.5) is 5.69 Å². The van der Waals surface area contributed by atoms with Crippen molar-refractivity contribution >= 4 is 45.0 Å². The Morgan fingerprint density at radius 3 is 2.46 bits per heavy atom. The van der Waals surface area contributed by atoms with Gasteiger partial charge in [0, 0.05) is 10.6 Å². The minimum Gasteiger partial charge on any atom is -0.547 e. The molecule has 0 radical (unpaired) electrons. The Bertz CT molecular complexity index is 793. The number of carbonyl (C=O) groups excluding carboxylic acids is 2. The molecule has 6 nitrogen and oxygen atoms in total. The summed E-state index contributed by atoms with van der Waals surface area (Å²) < 4.78 is 5.05. The molecule has 24 heavy (non-hydrogen) atoms. The predicted octanol–water partition coefficient (Wildman–Crippen LogP) is 3.13. The number of benzene rings is 2. The van der Waals surface area contributed by atoms with Gasteiger partial charge in [0.15, 0.2) is 10.7 Å². The first kappa shape index (κ1) is 18.1. The van der Waals surface area contributed by atoms with E-state index in [0.29, 0.717) is 16.3 Å². The van der Waals surface area contributed by atoms with Gasteiger partial charge in [-0.2, -0.15) is 10.2 Å². The van der Waals surface area contributed by atoms with Crippen molar-refractivity contribution in [1.82, 2.24) is 0 Å². The number of carboxylic acid groups (broad SMARTS) is 1. The van der Waals surface area contributed by atoms with E-state index in [1.807, 2.05) is 0 Å². The van der Waals surface area contributed by atoms with Gasteiger partial charge in [-0.3, -0.25) is 4.79 Å². The van der Waals surface area contributed by atoms with Crippen LogP contribution in [0.3, 0.4) is 0 Å². The summed E-state index contributed by atoms with van der Waals surface area (Å²) in [6.07, 6.45) is 0. The first-order chi connectivity index (χ1) is 11.4. The second-order valence-corrected chi connectivity index (χ2v) is 5.89. The Balaban J connectivity index is 2.38. The van der Waals surface area contributed by atoms with Crippen molar-refractivity contribution in [1.29, 1.82) is 0 Å². The number of azo groups is 1. The van der Waals surface area contributed by atoms with Crippen molar-refractivity contribution in [2.75, 3.05) is 7.11 Å². The van der Waals surface area contributed by atoms with Crippen molar-refractivity contribution in [3.63, 3.8) is 0 Å². The molecule has 0 bridgehead atoms. The number of hydrogen-bond donors (Lipinski definition) is 0. The molecule has 2 rings (SSSR count). The van der Waals surface area contributed by atoms with Gasteiger partial charge in [-0.25, -0.2) is 0 Å². The van der Waals surface area contributed by atoms with E-state index >= 15 is 0 Å². The van der Waals surface area contributed by atoms with Gasteiger partial charge in [-0.15, -0.1) is 0 Å². The van der Waals surface area contributed by atoms with Crippen molar-refractivity contribution in [3.05, 3.63) is 58.6 Å². The Morgan fingerprint density at radius 2 is 1.88 bits per heavy atom. The van der Waals surface area contributed by atoms with E-state index in [2.05, 4.69) is 26.2 Å². The zero-order valence-corrected chi connectivity index (χ0v) is 14.7. The molecule has 124 valence electrons. The standard InChI is InChI=1S/C16H12BrClN2O4/c1-24-11-5-2-9(3-6-11)14(21)12-8-10(18)4-7-13(12)19-20-15(17)16(22)23/h2-8,15H,1H3,(H,22,23)/p-1. The number of hydrogen-bond acceptors (Lipinski definition) is 6. The van der Waals surface area contributed by atoms with Crippen molar-refractivity contribution < 1.29 is 19.4 Å². The summed E-state index contributed by atoms with van der Waals surface area (Å²) in [7, 11) is 1.53. The molecule has 0 aliphatic heterocycles. The van der Waals surface area contributed by atoms with Gasteiger partial charge in [0.25, 0.3) is 0 Å². The van der Waals surface area contributed by atoms with Crippen LogP contribution in [0.2, 0.25) is 5.02 Å². The summed E-state index contributed by atoms with van der Waals surface area (Å²) in [6, 6.07) is 11.0. The van der Waals surface area contributed by atoms with Gasteiger partial charge >= 0.3 is 0 Å². The molecule has 2 aromatic carbocycles. The fraction of sp³-hybridized carbons (Fsp3) is 0.125. The highest BCUT2D eigenvalue weighted by atomic mass is 79.9. The minimum atomic E-state index is -1.43. The highest BCUT2D eigenvalue weighted by Crippen LogP contribution is 2.27. The maximum absolute atomic E-state index is 12.7. The molecular formula is C16H11BrClN2O4-. The average Bonchev–Trinajstić information content (AvgIpc) is 2.59.